The highest BCUT2D eigenvalue weighted by Crippen LogP contribution is 2.12. The number of nitrogens with two attached hydrogens (primary N) is 3. The van der Waals surface area contributed by atoms with Gasteiger partial charge in [-0.05, 0) is 97.3 Å². The first-order valence-corrected chi connectivity index (χ1v) is 28.9. The normalized spacial score (nSPS) is 23.4. The summed E-state index contributed by atoms with van der Waals surface area (Å²) in [6.07, 6.45) is -3.59. The maximum atomic E-state index is 14.5. The fourth-order valence-electron chi connectivity index (χ4n) is 8.91. The lowest BCUT2D eigenvalue weighted by Crippen LogP contribution is -2.64. The van der Waals surface area contributed by atoms with Crippen molar-refractivity contribution in [2.45, 2.75) is 210 Å². The molecule has 1 heterocycles. The first kappa shape index (κ1) is 73.2. The molecule has 1 saturated heterocycles. The number of nitrogens with one attached hydrogen (secondary N) is 11. The van der Waals surface area contributed by atoms with E-state index in [1.54, 1.807) is 44.2 Å². The lowest BCUT2D eigenvalue weighted by Gasteiger charge is -2.30. The van der Waals surface area contributed by atoms with Crippen LogP contribution in [0.5, 0.6) is 0 Å². The number of carbonyl (C=O) groups is 11. The number of rotatable bonds is 27. The minimum absolute atomic E-state index is 0.0302. The smallest absolute Gasteiger partial charge is 0.245 e. The van der Waals surface area contributed by atoms with Gasteiger partial charge in [-0.3, -0.25) is 52.7 Å². The van der Waals surface area contributed by atoms with E-state index < -0.39 is 163 Å². The van der Waals surface area contributed by atoms with E-state index in [0.29, 0.717) is 12.0 Å². The van der Waals surface area contributed by atoms with Gasteiger partial charge in [0.25, 0.3) is 0 Å². The van der Waals surface area contributed by atoms with Gasteiger partial charge in [-0.1, -0.05) is 76.8 Å². The van der Waals surface area contributed by atoms with Crippen molar-refractivity contribution in [2.75, 3.05) is 26.2 Å². The summed E-state index contributed by atoms with van der Waals surface area (Å²) in [5.74, 6) is -10.9. The van der Waals surface area contributed by atoms with Gasteiger partial charge in [0.05, 0.1) is 24.4 Å². The highest BCUT2D eigenvalue weighted by molar-refractivity contribution is 5.99. The van der Waals surface area contributed by atoms with Crippen LogP contribution in [0.3, 0.4) is 0 Å². The second-order valence-corrected chi connectivity index (χ2v) is 21.6. The standard InChI is InChI=1S/C55H94N14O15/c1-8-9-10-11-15-18-41(74)66-43(31(5)71)54(83)69-45(33(7)73)55(84)68-44(32(6)72)53(82)63-38-22-26-59-52(81)42(30(4)70)67-49(78)37(21-25-58)61-46(75)35(19-23-56)62-50(79)39(27-29(2)3)64-51(80)40(28-34-16-13-12-14-17-34)65-47(76)36(20-24-57)60-48(38)77/h12-14,16-17,29-33,35-40,42-45,70-73H,8-11,15,18-28,56-58H2,1-7H3,(H,59,81)(H,60,77)(H,61,75)(H,62,79)(H,63,82)(H,64,80)(H,65,76)(H,66,74)(H,67,78)(H,68,84)(H,69,83)/t30-,31-,32-,33-,35+,36+,37+,38+,39+,40-,42+,43+,44+,45+/m1/s1. The molecule has 1 aromatic rings. The largest absolute Gasteiger partial charge is 0.391 e. The van der Waals surface area contributed by atoms with Crippen LogP contribution in [0.2, 0.25) is 0 Å². The van der Waals surface area contributed by atoms with E-state index in [1.165, 1.54) is 13.8 Å². The molecule has 0 radical (unpaired) electrons. The number of hydrogen-bond donors (Lipinski definition) is 18. The van der Waals surface area contributed by atoms with Crippen molar-refractivity contribution in [3.8, 4) is 0 Å². The highest BCUT2D eigenvalue weighted by atomic mass is 16.3. The number of aliphatic hydroxyl groups excluding tert-OH is 4. The molecule has 0 bridgehead atoms. The molecule has 0 unspecified atom stereocenters. The van der Waals surface area contributed by atoms with Crippen LogP contribution >= 0.6 is 0 Å². The number of benzene rings is 1. The molecule has 21 N–H and O–H groups in total. The zero-order valence-electron chi connectivity index (χ0n) is 49.4. The van der Waals surface area contributed by atoms with E-state index in [-0.39, 0.29) is 64.1 Å². The predicted octanol–water partition coefficient (Wildman–Crippen LogP) is -5.43. The van der Waals surface area contributed by atoms with Crippen LogP contribution in [0.25, 0.3) is 0 Å². The van der Waals surface area contributed by atoms with Gasteiger partial charge in [0, 0.05) is 19.4 Å². The first-order valence-electron chi connectivity index (χ1n) is 28.9. The monoisotopic (exact) mass is 1190 g/mol. The molecule has 1 aliphatic rings. The third kappa shape index (κ3) is 25.5. The molecule has 2 rings (SSSR count). The third-order valence-electron chi connectivity index (χ3n) is 13.7. The third-order valence-corrected chi connectivity index (χ3v) is 13.7. The topological polar surface area (TPSA) is 479 Å². The van der Waals surface area contributed by atoms with Gasteiger partial charge in [-0.2, -0.15) is 0 Å². The van der Waals surface area contributed by atoms with Crippen molar-refractivity contribution in [2.24, 2.45) is 23.1 Å². The predicted molar refractivity (Wildman–Crippen MR) is 308 cm³/mol. The highest BCUT2D eigenvalue weighted by Gasteiger charge is 2.39. The number of unbranched alkanes of at least 4 members (excludes halogenated alkanes) is 4. The van der Waals surface area contributed by atoms with E-state index in [4.69, 9.17) is 17.2 Å². The zero-order chi connectivity index (χ0) is 63.2. The average Bonchev–Trinajstić information content (AvgIpc) is 3.53. The molecule has 84 heavy (non-hydrogen) atoms. The summed E-state index contributed by atoms with van der Waals surface area (Å²) in [6.45, 7) is 9.17. The van der Waals surface area contributed by atoms with Crippen LogP contribution in [-0.4, -0.2) is 196 Å². The molecule has 1 aromatic carbocycles. The number of aliphatic hydroxyl groups is 4. The fraction of sp³-hybridized carbons (Fsp3) is 0.691. The zero-order valence-corrected chi connectivity index (χ0v) is 49.4. The Labute approximate surface area is 490 Å². The number of amides is 11. The Hall–Kier alpha value is -6.89. The summed E-state index contributed by atoms with van der Waals surface area (Å²) in [7, 11) is 0. The number of hydrogen-bond acceptors (Lipinski definition) is 18. The second kappa shape index (κ2) is 38.1. The summed E-state index contributed by atoms with van der Waals surface area (Å²) < 4.78 is 0. The van der Waals surface area contributed by atoms with Crippen LogP contribution in [0.4, 0.5) is 0 Å². The van der Waals surface area contributed by atoms with E-state index in [2.05, 4.69) is 58.5 Å². The fourth-order valence-corrected chi connectivity index (χ4v) is 8.91. The van der Waals surface area contributed by atoms with E-state index in [0.717, 1.165) is 39.5 Å². The van der Waals surface area contributed by atoms with Crippen molar-refractivity contribution < 1.29 is 73.2 Å². The van der Waals surface area contributed by atoms with Gasteiger partial charge in [-0.25, -0.2) is 0 Å². The Morgan fingerprint density at radius 1 is 0.536 bits per heavy atom. The summed E-state index contributed by atoms with van der Waals surface area (Å²) in [5, 5.41) is 70.0. The summed E-state index contributed by atoms with van der Waals surface area (Å²) in [4.78, 5) is 153. The molecule has 0 saturated carbocycles. The molecule has 0 aliphatic carbocycles. The van der Waals surface area contributed by atoms with Gasteiger partial charge in [0.1, 0.15) is 60.4 Å². The molecular weight excluding hydrogens is 1100 g/mol. The van der Waals surface area contributed by atoms with Crippen molar-refractivity contribution in [3.05, 3.63) is 35.9 Å². The Morgan fingerprint density at radius 3 is 1.44 bits per heavy atom. The van der Waals surface area contributed by atoms with Gasteiger partial charge >= 0.3 is 0 Å². The molecule has 1 fully saturated rings. The summed E-state index contributed by atoms with van der Waals surface area (Å²) in [5.41, 5.74) is 18.2. The van der Waals surface area contributed by atoms with Crippen LogP contribution in [0, 0.1) is 5.92 Å². The summed E-state index contributed by atoms with van der Waals surface area (Å²) >= 11 is 0. The van der Waals surface area contributed by atoms with Gasteiger partial charge in [0.15, 0.2) is 0 Å². The van der Waals surface area contributed by atoms with Gasteiger partial charge < -0.3 is 96.1 Å². The van der Waals surface area contributed by atoms with Crippen molar-refractivity contribution in [1.29, 1.82) is 0 Å². The molecule has 474 valence electrons. The molecule has 29 nitrogen and oxygen atoms in total. The SMILES string of the molecule is CCCCCCCC(=O)N[C@H](C(=O)N[C@H](C(=O)N[C@H](C(=O)N[C@H]1CCNC(=O)[C@H]([C@@H](C)O)NC(=O)[C@H](CCN)NC(=O)[C@H](CCN)NC(=O)[C@H](CC(C)C)NC(=O)[C@@H](Cc2ccccc2)NC(=O)[C@H](CCN)NC1=O)[C@@H](C)O)[C@@H](C)O)[C@@H](C)O. The Morgan fingerprint density at radius 2 is 0.964 bits per heavy atom. The maximum absolute atomic E-state index is 14.5. The molecule has 11 amide bonds. The molecule has 29 heteroatoms. The quantitative estimate of drug-likeness (QED) is 0.0366. The van der Waals surface area contributed by atoms with Crippen LogP contribution < -0.4 is 75.7 Å². The Kier molecular flexibility index (Phi) is 33.2. The molecule has 14 atom stereocenters. The molecule has 0 spiro atoms. The summed E-state index contributed by atoms with van der Waals surface area (Å²) in [6, 6.07) is -7.52. The van der Waals surface area contributed by atoms with Gasteiger partial charge in [0.2, 0.25) is 65.0 Å². The lowest BCUT2D eigenvalue weighted by atomic mass is 10.00. The van der Waals surface area contributed by atoms with Crippen LogP contribution in [0.1, 0.15) is 125 Å². The molecule has 0 aromatic heterocycles. The molecular formula is C55H94N14O15. The van der Waals surface area contributed by atoms with Crippen molar-refractivity contribution >= 4 is 65.0 Å². The maximum Gasteiger partial charge on any atom is 0.245 e. The molecule has 1 aliphatic heterocycles. The van der Waals surface area contributed by atoms with E-state index >= 15 is 0 Å². The van der Waals surface area contributed by atoms with Crippen molar-refractivity contribution in [1.82, 2.24) is 58.5 Å². The Bertz CT molecular complexity index is 2310. The Balaban J connectivity index is 2.69. The van der Waals surface area contributed by atoms with E-state index in [1.807, 2.05) is 6.92 Å². The number of carbonyl (C=O) groups excluding carboxylic acids is 11. The van der Waals surface area contributed by atoms with Crippen LogP contribution in [-0.2, 0) is 59.2 Å². The van der Waals surface area contributed by atoms with Crippen molar-refractivity contribution in [3.63, 3.8) is 0 Å². The minimum Gasteiger partial charge on any atom is -0.391 e. The second-order valence-electron chi connectivity index (χ2n) is 21.6. The first-order chi connectivity index (χ1) is 39.7. The van der Waals surface area contributed by atoms with E-state index in [9.17, 15) is 73.2 Å². The van der Waals surface area contributed by atoms with Crippen LogP contribution in [0.15, 0.2) is 30.3 Å². The van der Waals surface area contributed by atoms with Gasteiger partial charge in [-0.15, -0.1) is 0 Å². The average molecular weight is 1190 g/mol. The minimum atomic E-state index is -1.96. The lowest BCUT2D eigenvalue weighted by molar-refractivity contribution is -0.139.